The van der Waals surface area contributed by atoms with Gasteiger partial charge in [-0.25, -0.2) is 0 Å². The fourth-order valence-electron chi connectivity index (χ4n) is 3.43. The first-order chi connectivity index (χ1) is 15.1. The van der Waals surface area contributed by atoms with Crippen molar-refractivity contribution < 1.29 is 9.84 Å². The first-order valence-electron chi connectivity index (χ1n) is 10.4. The number of ether oxygens (including phenoxy) is 1. The summed E-state index contributed by atoms with van der Waals surface area (Å²) in [6, 6.07) is 17.2. The molecule has 0 radical (unpaired) electrons. The summed E-state index contributed by atoms with van der Waals surface area (Å²) < 4.78 is 7.72. The minimum Gasteiger partial charge on any atom is -0.491 e. The SMILES string of the molecule is Cc1ccc(-n2c(SCC(O)COc3ccc(C#N)cc3)nnc2N2CCCC2)cc1. The highest BCUT2D eigenvalue weighted by Gasteiger charge is 2.23. The van der Waals surface area contributed by atoms with Gasteiger partial charge in [-0.1, -0.05) is 29.5 Å². The summed E-state index contributed by atoms with van der Waals surface area (Å²) >= 11 is 1.46. The lowest BCUT2D eigenvalue weighted by atomic mass is 10.2. The summed E-state index contributed by atoms with van der Waals surface area (Å²) in [5.74, 6) is 1.91. The molecule has 0 aliphatic carbocycles. The second kappa shape index (κ2) is 9.86. The van der Waals surface area contributed by atoms with Gasteiger partial charge in [-0.3, -0.25) is 4.57 Å². The third-order valence-corrected chi connectivity index (χ3v) is 6.20. The number of aliphatic hydroxyl groups excluding tert-OH is 1. The highest BCUT2D eigenvalue weighted by molar-refractivity contribution is 7.99. The minimum atomic E-state index is -0.668. The summed E-state index contributed by atoms with van der Waals surface area (Å²) in [6.45, 7) is 4.19. The molecule has 1 aromatic heterocycles. The number of nitrogens with zero attached hydrogens (tertiary/aromatic N) is 5. The fourth-order valence-corrected chi connectivity index (χ4v) is 4.29. The Balaban J connectivity index is 1.43. The van der Waals surface area contributed by atoms with Crippen LogP contribution in [0, 0.1) is 18.3 Å². The van der Waals surface area contributed by atoms with Gasteiger partial charge >= 0.3 is 0 Å². The molecule has 1 aliphatic heterocycles. The molecule has 4 rings (SSSR count). The number of rotatable bonds is 8. The highest BCUT2D eigenvalue weighted by atomic mass is 32.2. The molecule has 0 spiro atoms. The Morgan fingerprint density at radius 2 is 1.81 bits per heavy atom. The minimum absolute atomic E-state index is 0.163. The number of hydrogen-bond donors (Lipinski definition) is 1. The van der Waals surface area contributed by atoms with Gasteiger partial charge in [0.25, 0.3) is 0 Å². The van der Waals surface area contributed by atoms with E-state index in [0.29, 0.717) is 17.1 Å². The molecular formula is C23H25N5O2S. The fraction of sp³-hybridized carbons (Fsp3) is 0.348. The lowest BCUT2D eigenvalue weighted by molar-refractivity contribution is 0.126. The molecule has 1 fully saturated rings. The molecular weight excluding hydrogens is 410 g/mol. The van der Waals surface area contributed by atoms with Crippen LogP contribution in [0.15, 0.2) is 53.7 Å². The zero-order chi connectivity index (χ0) is 21.6. The van der Waals surface area contributed by atoms with E-state index >= 15 is 0 Å². The monoisotopic (exact) mass is 435 g/mol. The highest BCUT2D eigenvalue weighted by Crippen LogP contribution is 2.29. The summed E-state index contributed by atoms with van der Waals surface area (Å²) in [7, 11) is 0. The average Bonchev–Trinajstić information content (AvgIpc) is 3.47. The van der Waals surface area contributed by atoms with Gasteiger partial charge in [0.2, 0.25) is 5.95 Å². The van der Waals surface area contributed by atoms with E-state index in [1.165, 1.54) is 17.3 Å². The van der Waals surface area contributed by atoms with Crippen molar-refractivity contribution in [2.75, 3.05) is 30.3 Å². The molecule has 1 saturated heterocycles. The van der Waals surface area contributed by atoms with Crippen LogP contribution >= 0.6 is 11.8 Å². The number of aromatic nitrogens is 3. The molecule has 7 nitrogen and oxygen atoms in total. The van der Waals surface area contributed by atoms with Crippen molar-refractivity contribution in [1.82, 2.24) is 14.8 Å². The van der Waals surface area contributed by atoms with E-state index in [1.807, 2.05) is 0 Å². The maximum Gasteiger partial charge on any atom is 0.232 e. The lowest BCUT2D eigenvalue weighted by Gasteiger charge is -2.19. The maximum absolute atomic E-state index is 10.4. The van der Waals surface area contributed by atoms with Crippen LogP contribution in [-0.2, 0) is 0 Å². The number of nitriles is 1. The van der Waals surface area contributed by atoms with E-state index in [9.17, 15) is 5.11 Å². The number of hydrogen-bond acceptors (Lipinski definition) is 7. The van der Waals surface area contributed by atoms with Gasteiger partial charge in [-0.2, -0.15) is 5.26 Å². The number of aryl methyl sites for hydroxylation is 1. The number of benzene rings is 2. The molecule has 1 N–H and O–H groups in total. The smallest absolute Gasteiger partial charge is 0.232 e. The van der Waals surface area contributed by atoms with Crippen molar-refractivity contribution in [2.24, 2.45) is 0 Å². The molecule has 0 saturated carbocycles. The van der Waals surface area contributed by atoms with E-state index in [-0.39, 0.29) is 6.61 Å². The molecule has 2 aromatic carbocycles. The lowest BCUT2D eigenvalue weighted by Crippen LogP contribution is -2.22. The Bertz CT molecular complexity index is 1040. The van der Waals surface area contributed by atoms with Gasteiger partial charge < -0.3 is 14.7 Å². The van der Waals surface area contributed by atoms with Crippen molar-refractivity contribution in [3.63, 3.8) is 0 Å². The Labute approximate surface area is 186 Å². The summed E-state index contributed by atoms with van der Waals surface area (Å²) in [5.41, 5.74) is 2.79. The molecule has 3 aromatic rings. The maximum atomic E-state index is 10.4. The Morgan fingerprint density at radius 3 is 2.48 bits per heavy atom. The number of anilines is 1. The second-order valence-electron chi connectivity index (χ2n) is 7.56. The number of aliphatic hydroxyl groups is 1. The normalized spacial score (nSPS) is 14.4. The quantitative estimate of drug-likeness (QED) is 0.541. The Kier molecular flexibility index (Phi) is 6.75. The van der Waals surface area contributed by atoms with Crippen molar-refractivity contribution in [2.45, 2.75) is 31.0 Å². The third-order valence-electron chi connectivity index (χ3n) is 5.13. The van der Waals surface area contributed by atoms with E-state index < -0.39 is 6.10 Å². The van der Waals surface area contributed by atoms with E-state index in [4.69, 9.17) is 10.00 Å². The van der Waals surface area contributed by atoms with E-state index in [2.05, 4.69) is 56.9 Å². The van der Waals surface area contributed by atoms with Gasteiger partial charge in [0.05, 0.1) is 23.4 Å². The zero-order valence-electron chi connectivity index (χ0n) is 17.4. The largest absolute Gasteiger partial charge is 0.491 e. The van der Waals surface area contributed by atoms with Crippen LogP contribution in [0.5, 0.6) is 5.75 Å². The summed E-state index contributed by atoms with van der Waals surface area (Å²) in [6.07, 6.45) is 1.66. The van der Waals surface area contributed by atoms with E-state index in [1.54, 1.807) is 24.3 Å². The van der Waals surface area contributed by atoms with Gasteiger partial charge in [0.15, 0.2) is 5.16 Å². The first kappa shape index (κ1) is 21.2. The molecule has 2 heterocycles. The van der Waals surface area contributed by atoms with Crippen molar-refractivity contribution >= 4 is 17.7 Å². The van der Waals surface area contributed by atoms with Gasteiger partial charge in [-0.15, -0.1) is 10.2 Å². The van der Waals surface area contributed by atoms with Crippen LogP contribution in [-0.4, -0.2) is 51.4 Å². The summed E-state index contributed by atoms with van der Waals surface area (Å²) in [5, 5.41) is 28.9. The molecule has 1 atom stereocenters. The standard InChI is InChI=1S/C23H25N5O2S/c1-17-4-8-19(9-5-17)28-22(27-12-2-3-13-27)25-26-23(28)31-16-20(29)15-30-21-10-6-18(14-24)7-11-21/h4-11,20,29H,2-3,12-13,15-16H2,1H3. The molecule has 160 valence electrons. The topological polar surface area (TPSA) is 87.2 Å². The Morgan fingerprint density at radius 1 is 1.10 bits per heavy atom. The van der Waals surface area contributed by atoms with Crippen molar-refractivity contribution in [3.8, 4) is 17.5 Å². The Hall–Kier alpha value is -3.02. The van der Waals surface area contributed by atoms with Crippen LogP contribution in [0.2, 0.25) is 0 Å². The summed E-state index contributed by atoms with van der Waals surface area (Å²) in [4.78, 5) is 2.27. The average molecular weight is 436 g/mol. The molecule has 8 heteroatoms. The second-order valence-corrected chi connectivity index (χ2v) is 8.55. The molecule has 0 bridgehead atoms. The van der Waals surface area contributed by atoms with Crippen LogP contribution in [0.3, 0.4) is 0 Å². The predicted molar refractivity (Wildman–Crippen MR) is 121 cm³/mol. The number of thioether (sulfide) groups is 1. The van der Waals surface area contributed by atoms with Crippen LogP contribution in [0.1, 0.15) is 24.0 Å². The van der Waals surface area contributed by atoms with Gasteiger partial charge in [-0.05, 0) is 56.2 Å². The first-order valence-corrected chi connectivity index (χ1v) is 11.3. The molecule has 0 amide bonds. The molecule has 31 heavy (non-hydrogen) atoms. The van der Waals surface area contributed by atoms with Crippen molar-refractivity contribution in [3.05, 3.63) is 59.7 Å². The van der Waals surface area contributed by atoms with Gasteiger partial charge in [0.1, 0.15) is 12.4 Å². The van der Waals surface area contributed by atoms with Crippen LogP contribution < -0.4 is 9.64 Å². The predicted octanol–water partition coefficient (Wildman–Crippen LogP) is 3.58. The molecule has 1 unspecified atom stereocenters. The van der Waals surface area contributed by atoms with E-state index in [0.717, 1.165) is 42.7 Å². The van der Waals surface area contributed by atoms with Gasteiger partial charge in [0, 0.05) is 18.8 Å². The molecule has 1 aliphatic rings. The van der Waals surface area contributed by atoms with Crippen molar-refractivity contribution in [1.29, 1.82) is 5.26 Å². The van der Waals surface area contributed by atoms with Crippen LogP contribution in [0.4, 0.5) is 5.95 Å². The zero-order valence-corrected chi connectivity index (χ0v) is 18.3. The third kappa shape index (κ3) is 5.19. The van der Waals surface area contributed by atoms with Crippen LogP contribution in [0.25, 0.3) is 5.69 Å².